The Hall–Kier alpha value is -0.720. The third kappa shape index (κ3) is 5.97. The van der Waals surface area contributed by atoms with Crippen LogP contribution in [0.1, 0.15) is 65.5 Å². The molecule has 0 spiro atoms. The molecule has 0 saturated heterocycles. The van der Waals surface area contributed by atoms with Gasteiger partial charge in [0.2, 0.25) is 0 Å². The molecule has 0 saturated carbocycles. The van der Waals surface area contributed by atoms with E-state index in [-0.39, 0.29) is 12.1 Å². The van der Waals surface area contributed by atoms with Crippen LogP contribution in [0.15, 0.2) is 15.7 Å². The van der Waals surface area contributed by atoms with Crippen molar-refractivity contribution in [1.82, 2.24) is 10.6 Å². The Labute approximate surface area is 154 Å². The van der Waals surface area contributed by atoms with Crippen LogP contribution in [0.3, 0.4) is 0 Å². The zero-order valence-electron chi connectivity index (χ0n) is 15.3. The summed E-state index contributed by atoms with van der Waals surface area (Å²) < 4.78 is 6.77. The molecule has 4 nitrogen and oxygen atoms in total. The third-order valence-corrected chi connectivity index (χ3v) is 6.22. The van der Waals surface area contributed by atoms with Crippen LogP contribution in [-0.2, 0) is 4.74 Å². The Kier molecular flexibility index (Phi) is 7.01. The van der Waals surface area contributed by atoms with Gasteiger partial charge in [0.15, 0.2) is 0 Å². The van der Waals surface area contributed by atoms with Crippen LogP contribution in [0.4, 0.5) is 4.79 Å². The summed E-state index contributed by atoms with van der Waals surface area (Å²) in [5.74, 6) is 0. The van der Waals surface area contributed by atoms with Gasteiger partial charge in [-0.25, -0.2) is 4.79 Å². The minimum atomic E-state index is -0.459. The maximum absolute atomic E-state index is 11.9. The van der Waals surface area contributed by atoms with E-state index in [4.69, 9.17) is 4.74 Å². The van der Waals surface area contributed by atoms with Crippen LogP contribution in [0.2, 0.25) is 0 Å². The molecule has 1 aromatic heterocycles. The second kappa shape index (κ2) is 8.59. The number of hydrogen-bond acceptors (Lipinski definition) is 5. The fraction of sp³-hybridized carbons (Fsp3) is 0.722. The molecule has 3 atom stereocenters. The number of thioether (sulfide) groups is 1. The number of thiophene rings is 1. The predicted octanol–water partition coefficient (Wildman–Crippen LogP) is 4.96. The molecule has 0 fully saturated rings. The number of amides is 1. The summed E-state index contributed by atoms with van der Waals surface area (Å²) in [7, 11) is 0. The van der Waals surface area contributed by atoms with E-state index >= 15 is 0 Å². The van der Waals surface area contributed by atoms with E-state index in [0.717, 1.165) is 19.3 Å². The van der Waals surface area contributed by atoms with Gasteiger partial charge < -0.3 is 15.4 Å². The Morgan fingerprint density at radius 2 is 2.21 bits per heavy atom. The van der Waals surface area contributed by atoms with Crippen LogP contribution in [-0.4, -0.2) is 29.5 Å². The fourth-order valence-corrected chi connectivity index (χ4v) is 5.47. The molecule has 0 aromatic carbocycles. The van der Waals surface area contributed by atoms with Crippen molar-refractivity contribution in [2.24, 2.45) is 0 Å². The number of ether oxygens (including phenoxy) is 1. The summed E-state index contributed by atoms with van der Waals surface area (Å²) in [5.41, 5.74) is 0.959. The van der Waals surface area contributed by atoms with Crippen LogP contribution in [0, 0.1) is 0 Å². The SMILES string of the molecule is CCCC(CNC(=O)OC(C)(C)C)NC1C[C@H](C)Sc2sccc21. The molecule has 1 amide bonds. The maximum atomic E-state index is 11.9. The molecule has 1 aliphatic rings. The first-order valence-corrected chi connectivity index (χ1v) is 10.5. The summed E-state index contributed by atoms with van der Waals surface area (Å²) in [6.45, 7) is 10.7. The van der Waals surface area contributed by atoms with Gasteiger partial charge in [-0.15, -0.1) is 23.1 Å². The van der Waals surface area contributed by atoms with Crippen molar-refractivity contribution in [2.45, 2.75) is 81.0 Å². The number of alkyl carbamates (subject to hydrolysis) is 1. The van der Waals surface area contributed by atoms with Crippen LogP contribution in [0.25, 0.3) is 0 Å². The number of fused-ring (bicyclic) bond motifs is 1. The summed E-state index contributed by atoms with van der Waals surface area (Å²) in [5, 5.41) is 9.49. The number of rotatable bonds is 6. The highest BCUT2D eigenvalue weighted by Crippen LogP contribution is 2.43. The lowest BCUT2D eigenvalue weighted by Crippen LogP contribution is -2.44. The summed E-state index contributed by atoms with van der Waals surface area (Å²) in [4.78, 5) is 11.9. The Morgan fingerprint density at radius 1 is 1.46 bits per heavy atom. The number of nitrogens with one attached hydrogen (secondary N) is 2. The monoisotopic (exact) mass is 370 g/mol. The van der Waals surface area contributed by atoms with Crippen molar-refractivity contribution in [1.29, 1.82) is 0 Å². The summed E-state index contributed by atoms with van der Waals surface area (Å²) >= 11 is 3.81. The van der Waals surface area contributed by atoms with Crippen LogP contribution < -0.4 is 10.6 Å². The summed E-state index contributed by atoms with van der Waals surface area (Å²) in [6.07, 6.45) is 2.91. The smallest absolute Gasteiger partial charge is 0.407 e. The van der Waals surface area contributed by atoms with E-state index in [1.807, 2.05) is 43.9 Å². The van der Waals surface area contributed by atoms with Crippen molar-refractivity contribution in [2.75, 3.05) is 6.54 Å². The molecule has 1 aromatic rings. The van der Waals surface area contributed by atoms with E-state index < -0.39 is 5.60 Å². The lowest BCUT2D eigenvalue weighted by atomic mass is 10.0. The summed E-state index contributed by atoms with van der Waals surface area (Å²) in [6, 6.07) is 2.87. The molecule has 0 bridgehead atoms. The Morgan fingerprint density at radius 3 is 2.88 bits per heavy atom. The van der Waals surface area contributed by atoms with Crippen molar-refractivity contribution < 1.29 is 9.53 Å². The molecule has 24 heavy (non-hydrogen) atoms. The van der Waals surface area contributed by atoms with Gasteiger partial charge in [0.1, 0.15) is 5.60 Å². The van der Waals surface area contributed by atoms with Gasteiger partial charge in [0, 0.05) is 23.9 Å². The normalized spacial score (nSPS) is 21.9. The van der Waals surface area contributed by atoms with E-state index in [1.165, 1.54) is 9.77 Å². The zero-order valence-corrected chi connectivity index (χ0v) is 17.0. The minimum Gasteiger partial charge on any atom is -0.444 e. The second-order valence-electron chi connectivity index (χ2n) is 7.42. The molecule has 2 N–H and O–H groups in total. The quantitative estimate of drug-likeness (QED) is 0.743. The average Bonchev–Trinajstić information content (AvgIpc) is 2.91. The largest absolute Gasteiger partial charge is 0.444 e. The van der Waals surface area contributed by atoms with Gasteiger partial charge >= 0.3 is 6.09 Å². The number of carbonyl (C=O) groups excluding carboxylic acids is 1. The lowest BCUT2D eigenvalue weighted by Gasteiger charge is -2.31. The van der Waals surface area contributed by atoms with Crippen LogP contribution >= 0.6 is 23.1 Å². The topological polar surface area (TPSA) is 50.4 Å². The molecular weight excluding hydrogens is 340 g/mol. The molecule has 1 aliphatic heterocycles. The molecule has 136 valence electrons. The number of carbonyl (C=O) groups is 1. The molecule has 2 heterocycles. The molecule has 0 radical (unpaired) electrons. The van der Waals surface area contributed by atoms with E-state index in [0.29, 0.717) is 17.8 Å². The highest BCUT2D eigenvalue weighted by molar-refractivity contribution is 8.01. The third-order valence-electron chi connectivity index (χ3n) is 3.88. The maximum Gasteiger partial charge on any atom is 0.407 e. The molecule has 6 heteroatoms. The van der Waals surface area contributed by atoms with Crippen molar-refractivity contribution in [3.05, 3.63) is 17.0 Å². The highest BCUT2D eigenvalue weighted by atomic mass is 32.2. The van der Waals surface area contributed by atoms with Crippen molar-refractivity contribution in [3.63, 3.8) is 0 Å². The zero-order chi connectivity index (χ0) is 17.7. The van der Waals surface area contributed by atoms with Crippen molar-refractivity contribution >= 4 is 29.2 Å². The first-order chi connectivity index (χ1) is 11.3. The van der Waals surface area contributed by atoms with Gasteiger partial charge in [-0.1, -0.05) is 20.3 Å². The predicted molar refractivity (Wildman–Crippen MR) is 103 cm³/mol. The first kappa shape index (κ1) is 19.6. The molecule has 2 rings (SSSR count). The van der Waals surface area contributed by atoms with E-state index in [2.05, 4.69) is 35.9 Å². The Bertz CT molecular complexity index is 539. The lowest BCUT2D eigenvalue weighted by molar-refractivity contribution is 0.0520. The first-order valence-electron chi connectivity index (χ1n) is 8.75. The molecule has 0 aliphatic carbocycles. The second-order valence-corrected chi connectivity index (χ2v) is 10.0. The van der Waals surface area contributed by atoms with Gasteiger partial charge in [0.05, 0.1) is 4.21 Å². The Balaban J connectivity index is 1.93. The standard InChI is InChI=1S/C18H30N2O2S2/c1-6-7-13(11-19-17(21)22-18(3,4)5)20-15-10-12(2)24-16-14(15)8-9-23-16/h8-9,12-13,15,20H,6-7,10-11H2,1-5H3,(H,19,21)/t12-,13?,15?/m0/s1. The van der Waals surface area contributed by atoms with Crippen LogP contribution in [0.5, 0.6) is 0 Å². The van der Waals surface area contributed by atoms with Gasteiger partial charge in [-0.2, -0.15) is 0 Å². The highest BCUT2D eigenvalue weighted by Gasteiger charge is 2.28. The fourth-order valence-electron chi connectivity index (χ4n) is 2.91. The van der Waals surface area contributed by atoms with Crippen molar-refractivity contribution in [3.8, 4) is 0 Å². The average molecular weight is 371 g/mol. The number of hydrogen-bond donors (Lipinski definition) is 2. The molecular formula is C18H30N2O2S2. The molecule has 2 unspecified atom stereocenters. The van der Waals surface area contributed by atoms with Gasteiger partial charge in [-0.3, -0.25) is 0 Å². The van der Waals surface area contributed by atoms with Gasteiger partial charge in [0.25, 0.3) is 0 Å². The van der Waals surface area contributed by atoms with E-state index in [1.54, 1.807) is 0 Å². The minimum absolute atomic E-state index is 0.260. The van der Waals surface area contributed by atoms with Gasteiger partial charge in [-0.05, 0) is 50.6 Å². The van der Waals surface area contributed by atoms with E-state index in [9.17, 15) is 4.79 Å².